The number of amides is 1. The molecule has 2 rings (SSSR count). The summed E-state index contributed by atoms with van der Waals surface area (Å²) in [6.07, 6.45) is 0. The number of rotatable bonds is 6. The number of nitrogens with zero attached hydrogens (tertiary/aromatic N) is 2. The van der Waals surface area contributed by atoms with Crippen LogP contribution >= 0.6 is 46.5 Å². The molecule has 2 aromatic rings. The van der Waals surface area contributed by atoms with E-state index in [-0.39, 0.29) is 11.4 Å². The molecule has 0 aliphatic carbocycles. The highest BCUT2D eigenvalue weighted by atomic mass is 35.5. The third-order valence-corrected chi connectivity index (χ3v) is 6.02. The highest BCUT2D eigenvalue weighted by Crippen LogP contribution is 2.30. The Kier molecular flexibility index (Phi) is 6.76. The van der Waals surface area contributed by atoms with Gasteiger partial charge >= 0.3 is 0 Å². The van der Waals surface area contributed by atoms with Gasteiger partial charge in [-0.2, -0.15) is 0 Å². The van der Waals surface area contributed by atoms with Crippen LogP contribution in [0.2, 0.25) is 5.02 Å². The Morgan fingerprint density at radius 2 is 1.78 bits per heavy atom. The van der Waals surface area contributed by atoms with Gasteiger partial charge < -0.3 is 5.32 Å². The van der Waals surface area contributed by atoms with E-state index >= 15 is 0 Å². The van der Waals surface area contributed by atoms with E-state index in [2.05, 4.69) is 15.5 Å². The van der Waals surface area contributed by atoms with Crippen LogP contribution in [-0.4, -0.2) is 27.4 Å². The van der Waals surface area contributed by atoms with Crippen molar-refractivity contribution in [3.8, 4) is 0 Å². The number of carbonyl (C=O) groups excluding carboxylic acids is 1. The minimum Gasteiger partial charge on any atom is -0.351 e. The quantitative estimate of drug-likeness (QED) is 0.740. The summed E-state index contributed by atoms with van der Waals surface area (Å²) in [7, 11) is 0. The summed E-state index contributed by atoms with van der Waals surface area (Å²) in [6.45, 7) is 5.89. The van der Waals surface area contributed by atoms with Gasteiger partial charge in [-0.1, -0.05) is 58.6 Å². The second-order valence-electron chi connectivity index (χ2n) is 5.84. The molecule has 23 heavy (non-hydrogen) atoms. The van der Waals surface area contributed by atoms with Crippen molar-refractivity contribution in [3.05, 3.63) is 34.9 Å². The number of hydrogen-bond acceptors (Lipinski definition) is 6. The van der Waals surface area contributed by atoms with E-state index < -0.39 is 0 Å². The van der Waals surface area contributed by atoms with Crippen molar-refractivity contribution < 1.29 is 4.79 Å². The first-order chi connectivity index (χ1) is 10.8. The summed E-state index contributed by atoms with van der Waals surface area (Å²) in [6, 6.07) is 7.77. The van der Waals surface area contributed by atoms with E-state index in [0.29, 0.717) is 5.75 Å². The number of halogens is 1. The van der Waals surface area contributed by atoms with Gasteiger partial charge in [-0.05, 0) is 38.5 Å². The number of hydrogen-bond donors (Lipinski definition) is 1. The van der Waals surface area contributed by atoms with Crippen molar-refractivity contribution in [2.24, 2.45) is 0 Å². The number of benzene rings is 1. The second kappa shape index (κ2) is 8.37. The van der Waals surface area contributed by atoms with Crippen molar-refractivity contribution in [2.45, 2.75) is 40.7 Å². The van der Waals surface area contributed by atoms with Gasteiger partial charge in [0.1, 0.15) is 0 Å². The summed E-state index contributed by atoms with van der Waals surface area (Å²) in [5.41, 5.74) is 0.978. The number of aromatic nitrogens is 2. The Morgan fingerprint density at radius 3 is 2.39 bits per heavy atom. The molecule has 0 fully saturated rings. The van der Waals surface area contributed by atoms with E-state index in [1.165, 1.54) is 28.7 Å². The van der Waals surface area contributed by atoms with Crippen molar-refractivity contribution >= 4 is 52.4 Å². The predicted molar refractivity (Wildman–Crippen MR) is 99.5 cm³/mol. The minimum atomic E-state index is -0.210. The lowest BCUT2D eigenvalue weighted by Crippen LogP contribution is -2.41. The van der Waals surface area contributed by atoms with E-state index in [1.54, 1.807) is 11.8 Å². The minimum absolute atomic E-state index is 0.00747. The highest BCUT2D eigenvalue weighted by molar-refractivity contribution is 8.03. The fourth-order valence-corrected chi connectivity index (χ4v) is 4.52. The first-order valence-electron chi connectivity index (χ1n) is 6.96. The van der Waals surface area contributed by atoms with Crippen LogP contribution in [0.25, 0.3) is 0 Å². The first-order valence-corrected chi connectivity index (χ1v) is 10.1. The molecule has 4 nitrogen and oxygen atoms in total. The molecule has 0 spiro atoms. The number of thioether (sulfide) groups is 2. The van der Waals surface area contributed by atoms with E-state index in [4.69, 9.17) is 11.6 Å². The van der Waals surface area contributed by atoms with Crippen molar-refractivity contribution in [2.75, 3.05) is 5.75 Å². The monoisotopic (exact) mass is 387 g/mol. The molecule has 1 N–H and O–H groups in total. The smallest absolute Gasteiger partial charge is 0.230 e. The van der Waals surface area contributed by atoms with Gasteiger partial charge in [-0.15, -0.1) is 10.2 Å². The van der Waals surface area contributed by atoms with E-state index in [9.17, 15) is 4.79 Å². The largest absolute Gasteiger partial charge is 0.351 e. The maximum absolute atomic E-state index is 11.8. The zero-order chi connectivity index (χ0) is 16.9. The zero-order valence-electron chi connectivity index (χ0n) is 13.1. The maximum atomic E-state index is 11.8. The van der Waals surface area contributed by atoms with Crippen LogP contribution in [0.3, 0.4) is 0 Å². The SMILES string of the molecule is CC(C)(C)NC(=O)CSc1nnc(SCc2ccc(Cl)cc2)s1. The molecule has 0 aliphatic rings. The molecule has 0 radical (unpaired) electrons. The summed E-state index contributed by atoms with van der Waals surface area (Å²) >= 11 is 10.4. The molecule has 0 atom stereocenters. The lowest BCUT2D eigenvalue weighted by molar-refractivity contribution is -0.119. The molecule has 1 amide bonds. The Hall–Kier alpha value is -0.760. The van der Waals surface area contributed by atoms with Crippen molar-refractivity contribution in [3.63, 3.8) is 0 Å². The Labute approximate surface area is 153 Å². The summed E-state index contributed by atoms with van der Waals surface area (Å²) in [4.78, 5) is 11.8. The van der Waals surface area contributed by atoms with Gasteiger partial charge in [0, 0.05) is 16.3 Å². The molecule has 0 unspecified atom stereocenters. The molecule has 0 aliphatic heterocycles. The first kappa shape index (κ1) is 18.6. The summed E-state index contributed by atoms with van der Waals surface area (Å²) in [5, 5.41) is 11.9. The van der Waals surface area contributed by atoms with Crippen LogP contribution in [0.4, 0.5) is 0 Å². The van der Waals surface area contributed by atoms with Crippen LogP contribution < -0.4 is 5.32 Å². The lowest BCUT2D eigenvalue weighted by Gasteiger charge is -2.19. The van der Waals surface area contributed by atoms with Crippen molar-refractivity contribution in [1.29, 1.82) is 0 Å². The normalized spacial score (nSPS) is 11.5. The zero-order valence-corrected chi connectivity index (χ0v) is 16.3. The van der Waals surface area contributed by atoms with Gasteiger partial charge in [-0.3, -0.25) is 4.79 Å². The van der Waals surface area contributed by atoms with Crippen LogP contribution in [0.15, 0.2) is 32.9 Å². The van der Waals surface area contributed by atoms with Crippen LogP contribution in [0, 0.1) is 0 Å². The van der Waals surface area contributed by atoms with Crippen LogP contribution in [-0.2, 0) is 10.5 Å². The topological polar surface area (TPSA) is 54.9 Å². The fraction of sp³-hybridized carbons (Fsp3) is 0.400. The molecule has 0 saturated heterocycles. The lowest BCUT2D eigenvalue weighted by atomic mass is 10.1. The van der Waals surface area contributed by atoms with Gasteiger partial charge in [0.25, 0.3) is 0 Å². The van der Waals surface area contributed by atoms with Gasteiger partial charge in [0.2, 0.25) is 5.91 Å². The van der Waals surface area contributed by atoms with Gasteiger partial charge in [0.15, 0.2) is 8.68 Å². The molecule has 1 heterocycles. The average molecular weight is 388 g/mol. The third-order valence-electron chi connectivity index (χ3n) is 2.50. The highest BCUT2D eigenvalue weighted by Gasteiger charge is 2.15. The molecular weight excluding hydrogens is 370 g/mol. The molecule has 124 valence electrons. The average Bonchev–Trinajstić information content (AvgIpc) is 2.91. The fourth-order valence-electron chi connectivity index (χ4n) is 1.62. The number of nitrogens with one attached hydrogen (secondary N) is 1. The number of carbonyl (C=O) groups is 1. The Bertz CT molecular complexity index is 653. The summed E-state index contributed by atoms with van der Waals surface area (Å²) in [5.74, 6) is 1.18. The standard InChI is InChI=1S/C15H18ClN3OS3/c1-15(2,3)17-12(20)9-22-14-19-18-13(23-14)21-8-10-4-6-11(16)7-5-10/h4-7H,8-9H2,1-3H3,(H,17,20). The van der Waals surface area contributed by atoms with E-state index in [0.717, 1.165) is 19.5 Å². The van der Waals surface area contributed by atoms with Crippen LogP contribution in [0.5, 0.6) is 0 Å². The van der Waals surface area contributed by atoms with Gasteiger partial charge in [0.05, 0.1) is 5.75 Å². The molecular formula is C15H18ClN3OS3. The van der Waals surface area contributed by atoms with E-state index in [1.807, 2.05) is 45.0 Å². The Balaban J connectivity index is 1.79. The molecule has 0 saturated carbocycles. The molecule has 8 heteroatoms. The summed E-state index contributed by atoms with van der Waals surface area (Å²) < 4.78 is 1.71. The predicted octanol–water partition coefficient (Wildman–Crippen LogP) is 4.49. The maximum Gasteiger partial charge on any atom is 0.230 e. The molecule has 1 aromatic heterocycles. The molecule has 1 aromatic carbocycles. The van der Waals surface area contributed by atoms with Crippen molar-refractivity contribution in [1.82, 2.24) is 15.5 Å². The van der Waals surface area contributed by atoms with Gasteiger partial charge in [-0.25, -0.2) is 0 Å². The molecule has 0 bridgehead atoms. The third kappa shape index (κ3) is 7.12. The second-order valence-corrected chi connectivity index (χ2v) is 9.69. The van der Waals surface area contributed by atoms with Crippen LogP contribution in [0.1, 0.15) is 26.3 Å². The Morgan fingerprint density at radius 1 is 1.17 bits per heavy atom.